The molecule has 0 saturated heterocycles. The second-order valence-corrected chi connectivity index (χ2v) is 2.88. The molecule has 12 heavy (non-hydrogen) atoms. The van der Waals surface area contributed by atoms with Crippen molar-refractivity contribution in [3.8, 4) is 0 Å². The van der Waals surface area contributed by atoms with Gasteiger partial charge in [0.15, 0.2) is 0 Å². The quantitative estimate of drug-likeness (QED) is 0.689. The summed E-state index contributed by atoms with van der Waals surface area (Å²) >= 11 is 0. The van der Waals surface area contributed by atoms with E-state index in [9.17, 15) is 4.39 Å². The summed E-state index contributed by atoms with van der Waals surface area (Å²) in [7, 11) is 1.90. The Morgan fingerprint density at radius 1 is 1.58 bits per heavy atom. The Bertz CT molecular complexity index is 233. The van der Waals surface area contributed by atoms with Crippen LogP contribution in [0.15, 0.2) is 18.3 Å². The van der Waals surface area contributed by atoms with Crippen molar-refractivity contribution in [1.29, 1.82) is 0 Å². The molecule has 0 fully saturated rings. The maximum absolute atomic E-state index is 12.4. The van der Waals surface area contributed by atoms with Crippen LogP contribution >= 0.6 is 0 Å². The summed E-state index contributed by atoms with van der Waals surface area (Å²) in [5.74, 6) is -0.420. The van der Waals surface area contributed by atoms with Gasteiger partial charge in [0.05, 0.1) is 0 Å². The van der Waals surface area contributed by atoms with E-state index in [0.717, 1.165) is 12.0 Å². The minimum Gasteiger partial charge on any atom is -0.317 e. The van der Waals surface area contributed by atoms with E-state index in [1.54, 1.807) is 12.3 Å². The molecule has 1 atom stereocenters. The molecule has 0 amide bonds. The molecule has 1 aromatic rings. The Morgan fingerprint density at radius 2 is 2.33 bits per heavy atom. The third-order valence-corrected chi connectivity index (χ3v) is 1.82. The van der Waals surface area contributed by atoms with Gasteiger partial charge >= 0.3 is 0 Å². The van der Waals surface area contributed by atoms with Crippen molar-refractivity contribution in [2.45, 2.75) is 19.4 Å². The zero-order chi connectivity index (χ0) is 8.97. The third kappa shape index (κ3) is 2.58. The van der Waals surface area contributed by atoms with Crippen LogP contribution in [-0.2, 0) is 6.42 Å². The van der Waals surface area contributed by atoms with E-state index >= 15 is 0 Å². The lowest BCUT2D eigenvalue weighted by atomic mass is 10.1. The van der Waals surface area contributed by atoms with Gasteiger partial charge in [0.25, 0.3) is 0 Å². The SMILES string of the molecule is CNC(C)Cc1ccc(F)nc1. The molecule has 0 bridgehead atoms. The van der Waals surface area contributed by atoms with Gasteiger partial charge in [0, 0.05) is 12.2 Å². The van der Waals surface area contributed by atoms with Gasteiger partial charge in [0.1, 0.15) is 0 Å². The molecule has 2 nitrogen and oxygen atoms in total. The second kappa shape index (κ2) is 4.16. The van der Waals surface area contributed by atoms with E-state index in [1.807, 2.05) is 7.05 Å². The molecule has 1 unspecified atom stereocenters. The number of halogens is 1. The smallest absolute Gasteiger partial charge is 0.212 e. The average molecular weight is 168 g/mol. The molecule has 0 aliphatic heterocycles. The number of aromatic nitrogens is 1. The van der Waals surface area contributed by atoms with Crippen molar-refractivity contribution in [3.05, 3.63) is 29.8 Å². The molecule has 66 valence electrons. The van der Waals surface area contributed by atoms with Gasteiger partial charge in [-0.3, -0.25) is 0 Å². The highest BCUT2D eigenvalue weighted by Crippen LogP contribution is 2.02. The molecular weight excluding hydrogens is 155 g/mol. The van der Waals surface area contributed by atoms with E-state index in [2.05, 4.69) is 17.2 Å². The number of nitrogens with one attached hydrogen (secondary N) is 1. The first-order chi connectivity index (χ1) is 5.72. The largest absolute Gasteiger partial charge is 0.317 e. The van der Waals surface area contributed by atoms with Crippen molar-refractivity contribution in [3.63, 3.8) is 0 Å². The van der Waals surface area contributed by atoms with Crippen molar-refractivity contribution in [2.75, 3.05) is 7.05 Å². The minimum atomic E-state index is -0.420. The van der Waals surface area contributed by atoms with Crippen molar-refractivity contribution in [1.82, 2.24) is 10.3 Å². The molecule has 0 saturated carbocycles. The van der Waals surface area contributed by atoms with Crippen molar-refractivity contribution in [2.24, 2.45) is 0 Å². The van der Waals surface area contributed by atoms with Crippen LogP contribution in [0.2, 0.25) is 0 Å². The van der Waals surface area contributed by atoms with Crippen LogP contribution in [0.1, 0.15) is 12.5 Å². The normalized spacial score (nSPS) is 12.9. The fraction of sp³-hybridized carbons (Fsp3) is 0.444. The number of likely N-dealkylation sites (N-methyl/N-ethyl adjacent to an activating group) is 1. The molecule has 1 N–H and O–H groups in total. The standard InChI is InChI=1S/C9H13FN2/c1-7(11-2)5-8-3-4-9(10)12-6-8/h3-4,6-7,11H,5H2,1-2H3. The molecule has 1 rings (SSSR count). The minimum absolute atomic E-state index is 0.400. The number of pyridine rings is 1. The van der Waals surface area contributed by atoms with Gasteiger partial charge in [-0.15, -0.1) is 0 Å². The third-order valence-electron chi connectivity index (χ3n) is 1.82. The van der Waals surface area contributed by atoms with E-state index in [-0.39, 0.29) is 0 Å². The van der Waals surface area contributed by atoms with Crippen LogP contribution in [0.4, 0.5) is 4.39 Å². The molecule has 1 heterocycles. The second-order valence-electron chi connectivity index (χ2n) is 2.88. The van der Waals surface area contributed by atoms with Crippen LogP contribution in [0, 0.1) is 5.95 Å². The average Bonchev–Trinajstić information content (AvgIpc) is 2.09. The van der Waals surface area contributed by atoms with Gasteiger partial charge in [-0.2, -0.15) is 4.39 Å². The first kappa shape index (κ1) is 9.13. The number of hydrogen-bond acceptors (Lipinski definition) is 2. The van der Waals surface area contributed by atoms with Gasteiger partial charge in [-0.1, -0.05) is 6.07 Å². The fourth-order valence-corrected chi connectivity index (χ4v) is 0.983. The van der Waals surface area contributed by atoms with Gasteiger partial charge in [0.2, 0.25) is 5.95 Å². The Labute approximate surface area is 71.8 Å². The maximum atomic E-state index is 12.4. The van der Waals surface area contributed by atoms with Crippen LogP contribution < -0.4 is 5.32 Å². The summed E-state index contributed by atoms with van der Waals surface area (Å²) in [5, 5.41) is 3.11. The number of nitrogens with zero attached hydrogens (tertiary/aromatic N) is 1. The van der Waals surface area contributed by atoms with E-state index in [4.69, 9.17) is 0 Å². The monoisotopic (exact) mass is 168 g/mol. The highest BCUT2D eigenvalue weighted by atomic mass is 19.1. The van der Waals surface area contributed by atoms with Crippen molar-refractivity contribution >= 4 is 0 Å². The van der Waals surface area contributed by atoms with E-state index in [1.165, 1.54) is 6.07 Å². The van der Waals surface area contributed by atoms with E-state index < -0.39 is 5.95 Å². The first-order valence-electron chi connectivity index (χ1n) is 4.00. The number of rotatable bonds is 3. The molecule has 3 heteroatoms. The van der Waals surface area contributed by atoms with Crippen LogP contribution in [-0.4, -0.2) is 18.1 Å². The molecule has 0 aliphatic rings. The Hall–Kier alpha value is -0.960. The summed E-state index contributed by atoms with van der Waals surface area (Å²) in [6, 6.07) is 3.55. The maximum Gasteiger partial charge on any atom is 0.212 e. The van der Waals surface area contributed by atoms with E-state index in [0.29, 0.717) is 6.04 Å². The molecular formula is C9H13FN2. The highest BCUT2D eigenvalue weighted by Gasteiger charge is 2.00. The predicted molar refractivity (Wildman–Crippen MR) is 46.4 cm³/mol. The first-order valence-corrected chi connectivity index (χ1v) is 4.00. The molecule has 0 aromatic carbocycles. The van der Waals surface area contributed by atoms with Gasteiger partial charge in [-0.25, -0.2) is 4.98 Å². The Kier molecular flexibility index (Phi) is 3.17. The topological polar surface area (TPSA) is 24.9 Å². The predicted octanol–water partition coefficient (Wildman–Crippen LogP) is 1.37. The highest BCUT2D eigenvalue weighted by molar-refractivity contribution is 5.10. The number of hydrogen-bond donors (Lipinski definition) is 1. The lowest BCUT2D eigenvalue weighted by molar-refractivity contribution is 0.575. The summed E-state index contributed by atoms with van der Waals surface area (Å²) in [4.78, 5) is 3.57. The van der Waals surface area contributed by atoms with Gasteiger partial charge < -0.3 is 5.32 Å². The van der Waals surface area contributed by atoms with Crippen LogP contribution in [0.25, 0.3) is 0 Å². The lowest BCUT2D eigenvalue weighted by Gasteiger charge is -2.08. The van der Waals surface area contributed by atoms with Crippen molar-refractivity contribution < 1.29 is 4.39 Å². The van der Waals surface area contributed by atoms with Crippen LogP contribution in [0.5, 0.6) is 0 Å². The van der Waals surface area contributed by atoms with Crippen LogP contribution in [0.3, 0.4) is 0 Å². The molecule has 1 aromatic heterocycles. The summed E-state index contributed by atoms with van der Waals surface area (Å²) in [6.45, 7) is 2.07. The zero-order valence-electron chi connectivity index (χ0n) is 7.34. The zero-order valence-corrected chi connectivity index (χ0v) is 7.34. The summed E-state index contributed by atoms with van der Waals surface area (Å²) in [6.07, 6.45) is 2.45. The molecule has 0 radical (unpaired) electrons. The summed E-state index contributed by atoms with van der Waals surface area (Å²) in [5.41, 5.74) is 1.05. The molecule has 0 spiro atoms. The Balaban J connectivity index is 2.58. The Morgan fingerprint density at radius 3 is 2.83 bits per heavy atom. The molecule has 0 aliphatic carbocycles. The fourth-order valence-electron chi connectivity index (χ4n) is 0.983. The lowest BCUT2D eigenvalue weighted by Crippen LogP contribution is -2.23. The summed E-state index contributed by atoms with van der Waals surface area (Å²) < 4.78 is 12.4. The van der Waals surface area contributed by atoms with Gasteiger partial charge in [-0.05, 0) is 32.0 Å².